The van der Waals surface area contributed by atoms with Gasteiger partial charge in [0.15, 0.2) is 5.82 Å². The van der Waals surface area contributed by atoms with Crippen molar-refractivity contribution in [3.8, 4) is 0 Å². The Bertz CT molecular complexity index is 513. The third kappa shape index (κ3) is 3.64. The van der Waals surface area contributed by atoms with Crippen LogP contribution in [-0.2, 0) is 19.6 Å². The van der Waals surface area contributed by atoms with Gasteiger partial charge in [0.2, 0.25) is 0 Å². The molecule has 2 aromatic rings. The van der Waals surface area contributed by atoms with Gasteiger partial charge in [-0.2, -0.15) is 10.2 Å². The summed E-state index contributed by atoms with van der Waals surface area (Å²) in [6.07, 6.45) is 2.90. The van der Waals surface area contributed by atoms with Crippen LogP contribution in [-0.4, -0.2) is 31.1 Å². The molecule has 6 nitrogen and oxygen atoms in total. The Balaban J connectivity index is 1.99. The summed E-state index contributed by atoms with van der Waals surface area (Å²) in [5.41, 5.74) is 2.21. The maximum Gasteiger partial charge on any atom is 0.164 e. The highest BCUT2D eigenvalue weighted by Crippen LogP contribution is 2.05. The molecule has 0 saturated heterocycles. The minimum atomic E-state index is 0.718. The van der Waals surface area contributed by atoms with Crippen LogP contribution in [0.3, 0.4) is 0 Å². The van der Waals surface area contributed by atoms with Gasteiger partial charge < -0.3 is 5.32 Å². The zero-order chi connectivity index (χ0) is 13.7. The highest BCUT2D eigenvalue weighted by Gasteiger charge is 2.06. The average Bonchev–Trinajstić information content (AvgIpc) is 2.97. The minimum Gasteiger partial charge on any atom is -0.310 e. The average molecular weight is 262 g/mol. The summed E-state index contributed by atoms with van der Waals surface area (Å²) in [7, 11) is 0. The highest BCUT2D eigenvalue weighted by molar-refractivity contribution is 5.09. The molecule has 0 aliphatic rings. The van der Waals surface area contributed by atoms with E-state index in [1.54, 1.807) is 6.33 Å². The first-order valence-corrected chi connectivity index (χ1v) is 6.85. The number of nitrogens with zero attached hydrogens (tertiary/aromatic N) is 5. The summed E-state index contributed by atoms with van der Waals surface area (Å²) < 4.78 is 3.87. The Hall–Kier alpha value is -1.69. The summed E-state index contributed by atoms with van der Waals surface area (Å²) in [6, 6.07) is 2.10. The molecule has 0 fully saturated rings. The van der Waals surface area contributed by atoms with Crippen LogP contribution < -0.4 is 5.32 Å². The van der Waals surface area contributed by atoms with Crippen molar-refractivity contribution in [2.24, 2.45) is 0 Å². The quantitative estimate of drug-likeness (QED) is 0.765. The Kier molecular flexibility index (Phi) is 4.68. The second kappa shape index (κ2) is 6.47. The molecule has 0 atom stereocenters. The van der Waals surface area contributed by atoms with Gasteiger partial charge in [-0.3, -0.25) is 4.68 Å². The number of hydrogen-bond acceptors (Lipinski definition) is 4. The number of aryl methyl sites for hydroxylation is 2. The summed E-state index contributed by atoms with van der Waals surface area (Å²) in [5, 5.41) is 12.2. The SMILES string of the molecule is CCCNCc1ncn(Cc2cc(C)nn2CC)n1. The maximum atomic E-state index is 4.46. The van der Waals surface area contributed by atoms with Crippen LogP contribution in [0.2, 0.25) is 0 Å². The first-order valence-electron chi connectivity index (χ1n) is 6.85. The molecule has 2 heterocycles. The first-order chi connectivity index (χ1) is 9.22. The standard InChI is InChI=1S/C13H22N6/c1-4-6-14-8-13-15-10-18(17-13)9-12-7-11(3)16-19(12)5-2/h7,10,14H,4-6,8-9H2,1-3H3. The van der Waals surface area contributed by atoms with Crippen molar-refractivity contribution in [3.63, 3.8) is 0 Å². The second-order valence-corrected chi connectivity index (χ2v) is 4.63. The monoisotopic (exact) mass is 262 g/mol. The molecule has 0 aliphatic heterocycles. The Morgan fingerprint density at radius 1 is 1.26 bits per heavy atom. The van der Waals surface area contributed by atoms with Crippen molar-refractivity contribution in [1.82, 2.24) is 29.9 Å². The van der Waals surface area contributed by atoms with Crippen molar-refractivity contribution >= 4 is 0 Å². The van der Waals surface area contributed by atoms with Crippen LogP contribution in [0.4, 0.5) is 0 Å². The molecule has 0 saturated carbocycles. The van der Waals surface area contributed by atoms with Gasteiger partial charge in [-0.1, -0.05) is 6.92 Å². The van der Waals surface area contributed by atoms with E-state index in [2.05, 4.69) is 40.4 Å². The fourth-order valence-electron chi connectivity index (χ4n) is 2.03. The van der Waals surface area contributed by atoms with Crippen molar-refractivity contribution < 1.29 is 0 Å². The molecule has 1 N–H and O–H groups in total. The Morgan fingerprint density at radius 3 is 2.84 bits per heavy atom. The topological polar surface area (TPSA) is 60.6 Å². The van der Waals surface area contributed by atoms with E-state index in [-0.39, 0.29) is 0 Å². The van der Waals surface area contributed by atoms with Crippen LogP contribution in [0.15, 0.2) is 12.4 Å². The number of rotatable bonds is 7. The lowest BCUT2D eigenvalue weighted by atomic mass is 10.3. The van der Waals surface area contributed by atoms with Crippen LogP contribution in [0.25, 0.3) is 0 Å². The van der Waals surface area contributed by atoms with Crippen molar-refractivity contribution in [2.75, 3.05) is 6.54 Å². The van der Waals surface area contributed by atoms with E-state index in [1.165, 1.54) is 0 Å². The molecule has 19 heavy (non-hydrogen) atoms. The lowest BCUT2D eigenvalue weighted by Gasteiger charge is -2.03. The third-order valence-corrected chi connectivity index (χ3v) is 2.90. The highest BCUT2D eigenvalue weighted by atomic mass is 15.4. The van der Waals surface area contributed by atoms with Crippen molar-refractivity contribution in [3.05, 3.63) is 29.6 Å². The summed E-state index contributed by atoms with van der Waals surface area (Å²) in [5.74, 6) is 0.840. The molecule has 0 aromatic carbocycles. The van der Waals surface area contributed by atoms with Crippen LogP contribution in [0.1, 0.15) is 37.5 Å². The number of nitrogens with one attached hydrogen (secondary N) is 1. The van der Waals surface area contributed by atoms with Gasteiger partial charge in [0.25, 0.3) is 0 Å². The zero-order valence-electron chi connectivity index (χ0n) is 11.9. The predicted molar refractivity (Wildman–Crippen MR) is 73.8 cm³/mol. The lowest BCUT2D eigenvalue weighted by molar-refractivity contribution is 0.567. The molecular formula is C13H22N6. The van der Waals surface area contributed by atoms with Gasteiger partial charge in [0.1, 0.15) is 6.33 Å². The van der Waals surface area contributed by atoms with E-state index in [0.717, 1.165) is 49.8 Å². The zero-order valence-corrected chi connectivity index (χ0v) is 11.9. The van der Waals surface area contributed by atoms with E-state index in [1.807, 2.05) is 16.3 Å². The molecule has 2 aromatic heterocycles. The van der Waals surface area contributed by atoms with Crippen molar-refractivity contribution in [2.45, 2.75) is 46.8 Å². The molecule has 0 amide bonds. The second-order valence-electron chi connectivity index (χ2n) is 4.63. The number of aromatic nitrogens is 5. The fraction of sp³-hybridized carbons (Fsp3) is 0.615. The third-order valence-electron chi connectivity index (χ3n) is 2.90. The van der Waals surface area contributed by atoms with Gasteiger partial charge in [0.05, 0.1) is 24.5 Å². The lowest BCUT2D eigenvalue weighted by Crippen LogP contribution is -2.15. The molecule has 0 aliphatic carbocycles. The smallest absolute Gasteiger partial charge is 0.164 e. The van der Waals surface area contributed by atoms with E-state index in [0.29, 0.717) is 0 Å². The van der Waals surface area contributed by atoms with Gasteiger partial charge >= 0.3 is 0 Å². The van der Waals surface area contributed by atoms with Crippen molar-refractivity contribution in [1.29, 1.82) is 0 Å². The van der Waals surface area contributed by atoms with Gasteiger partial charge in [-0.15, -0.1) is 0 Å². The Morgan fingerprint density at radius 2 is 2.11 bits per heavy atom. The van der Waals surface area contributed by atoms with Gasteiger partial charge in [-0.25, -0.2) is 9.67 Å². The van der Waals surface area contributed by atoms with Crippen LogP contribution in [0.5, 0.6) is 0 Å². The minimum absolute atomic E-state index is 0.718. The normalized spacial score (nSPS) is 11.1. The molecule has 0 bridgehead atoms. The summed E-state index contributed by atoms with van der Waals surface area (Å²) in [4.78, 5) is 4.31. The summed E-state index contributed by atoms with van der Waals surface area (Å²) in [6.45, 7) is 9.57. The molecule has 104 valence electrons. The molecule has 0 spiro atoms. The molecule has 0 unspecified atom stereocenters. The van der Waals surface area contributed by atoms with Crippen LogP contribution in [0, 0.1) is 6.92 Å². The molecule has 2 rings (SSSR count). The fourth-order valence-corrected chi connectivity index (χ4v) is 2.03. The van der Waals surface area contributed by atoms with E-state index < -0.39 is 0 Å². The first kappa shape index (κ1) is 13.7. The summed E-state index contributed by atoms with van der Waals surface area (Å²) >= 11 is 0. The van der Waals surface area contributed by atoms with Gasteiger partial charge in [0, 0.05) is 6.54 Å². The number of hydrogen-bond donors (Lipinski definition) is 1. The van der Waals surface area contributed by atoms with Gasteiger partial charge in [-0.05, 0) is 32.9 Å². The maximum absolute atomic E-state index is 4.46. The Labute approximate surface area is 113 Å². The van der Waals surface area contributed by atoms with E-state index in [9.17, 15) is 0 Å². The van der Waals surface area contributed by atoms with Crippen LogP contribution >= 0.6 is 0 Å². The largest absolute Gasteiger partial charge is 0.310 e. The predicted octanol–water partition coefficient (Wildman–Crippen LogP) is 1.35. The van der Waals surface area contributed by atoms with E-state index in [4.69, 9.17) is 0 Å². The molecular weight excluding hydrogens is 240 g/mol. The molecule has 0 radical (unpaired) electrons. The van der Waals surface area contributed by atoms with E-state index >= 15 is 0 Å². The molecule has 6 heteroatoms.